The molecule has 0 unspecified atom stereocenters. The van der Waals surface area contributed by atoms with Crippen LogP contribution in [0.4, 0.5) is 0 Å². The maximum Gasteiger partial charge on any atom is 0.352 e. The van der Waals surface area contributed by atoms with Crippen LogP contribution in [-0.2, 0) is 16.1 Å². The molecular weight excluding hydrogens is 550 g/mol. The van der Waals surface area contributed by atoms with Crippen molar-refractivity contribution in [3.05, 3.63) is 97.9 Å². The number of aromatic hydroxyl groups is 1. The zero-order valence-electron chi connectivity index (χ0n) is 24.7. The number of hydrogen-bond acceptors (Lipinski definition) is 7. The number of phenols is 1. The lowest BCUT2D eigenvalue weighted by Crippen LogP contribution is -2.56. The van der Waals surface area contributed by atoms with E-state index in [9.17, 15) is 24.3 Å². The number of carbonyl (C=O) groups is 2. The van der Waals surface area contributed by atoms with Gasteiger partial charge in [0.1, 0.15) is 0 Å². The lowest BCUT2D eigenvalue weighted by atomic mass is 9.51. The highest BCUT2D eigenvalue weighted by atomic mass is 16.5. The number of rotatable bonds is 5. The molecule has 0 bridgehead atoms. The third-order valence-corrected chi connectivity index (χ3v) is 9.50. The van der Waals surface area contributed by atoms with Crippen LogP contribution in [0.1, 0.15) is 38.8 Å². The van der Waals surface area contributed by atoms with Crippen LogP contribution in [0.25, 0.3) is 11.8 Å². The van der Waals surface area contributed by atoms with Gasteiger partial charge in [-0.3, -0.25) is 9.59 Å². The summed E-state index contributed by atoms with van der Waals surface area (Å²) in [6, 6.07) is 11.4. The Bertz CT molecular complexity index is 1860. The topological polar surface area (TPSA) is 122 Å². The van der Waals surface area contributed by atoms with Gasteiger partial charge in [-0.1, -0.05) is 43.4 Å². The Morgan fingerprint density at radius 3 is 2.23 bits per heavy atom. The Morgan fingerprint density at radius 2 is 1.60 bits per heavy atom. The number of benzene rings is 2. The van der Waals surface area contributed by atoms with E-state index in [2.05, 4.69) is 0 Å². The second-order valence-electron chi connectivity index (χ2n) is 11.5. The maximum absolute atomic E-state index is 14.1. The Morgan fingerprint density at radius 1 is 0.953 bits per heavy atom. The molecule has 10 heteroatoms. The number of fused-ring (bicyclic) bond motifs is 4. The predicted octanol–water partition coefficient (Wildman–Crippen LogP) is 3.85. The van der Waals surface area contributed by atoms with Crippen molar-refractivity contribution in [3.8, 4) is 22.9 Å². The molecule has 3 aliphatic rings. The molecule has 1 N–H and O–H groups in total. The van der Waals surface area contributed by atoms with Gasteiger partial charge in [-0.25, -0.2) is 23.5 Å². The summed E-state index contributed by atoms with van der Waals surface area (Å²) in [7, 11) is 2.88. The number of nitrogens with zero attached hydrogens (tertiary/aromatic N) is 3. The van der Waals surface area contributed by atoms with Gasteiger partial charge >= 0.3 is 11.4 Å². The van der Waals surface area contributed by atoms with Gasteiger partial charge in [0.25, 0.3) is 0 Å². The average Bonchev–Trinajstić information content (AvgIpc) is 3.28. The molecule has 1 aromatic heterocycles. The third-order valence-electron chi connectivity index (χ3n) is 9.50. The Labute approximate surface area is 247 Å². The standard InChI is InChI=1S/C33H33N3O7/c1-18-19(2)30(39)33(3)23(12-11-20-15-26(42-4)29(38)27(16-20)43-5)22-13-14-34-31(40)35(21-9-7-6-8-10-21)32(41)36(34)25(22)17-24(33)28(18)37/h6-13,15-16,23-25,38H,14,17H2,1-5H3/t23-,24-,25+,33-/m0/s1. The van der Waals surface area contributed by atoms with Crippen LogP contribution in [-0.4, -0.2) is 44.8 Å². The SMILES string of the molecule is COc1cc(C=C[C@H]2C3=CCn4c(=O)n(-c5ccccc5)c(=O)n4[C@@H]3C[C@H]3C(=O)C(C)=C(C)C(=O)[C@@]23C)cc(OC)c1O. The molecule has 0 radical (unpaired) electrons. The average molecular weight is 584 g/mol. The van der Waals surface area contributed by atoms with Crippen LogP contribution < -0.4 is 20.9 Å². The number of methoxy groups -OCH3 is 2. The molecule has 2 aliphatic carbocycles. The van der Waals surface area contributed by atoms with Gasteiger partial charge in [0.05, 0.1) is 37.9 Å². The van der Waals surface area contributed by atoms with Gasteiger partial charge in [-0.05, 0) is 66.8 Å². The Hall–Kier alpha value is -4.86. The zero-order chi connectivity index (χ0) is 30.8. The minimum atomic E-state index is -1.11. The number of Topliss-reactive ketones (excluding diaryl/α,β-unsaturated/α-hetero) is 2. The molecule has 3 aromatic rings. The van der Waals surface area contributed by atoms with Crippen molar-refractivity contribution in [2.24, 2.45) is 17.3 Å². The second kappa shape index (κ2) is 10.1. The fourth-order valence-electron chi connectivity index (χ4n) is 7.06. The van der Waals surface area contributed by atoms with Gasteiger partial charge in [0.2, 0.25) is 5.75 Å². The molecular formula is C33H33N3O7. The van der Waals surface area contributed by atoms with E-state index in [1.807, 2.05) is 25.1 Å². The number of ketones is 2. The van der Waals surface area contributed by atoms with Crippen molar-refractivity contribution in [1.82, 2.24) is 13.9 Å². The maximum atomic E-state index is 14.1. The van der Waals surface area contributed by atoms with E-state index in [4.69, 9.17) is 9.47 Å². The van der Waals surface area contributed by atoms with E-state index in [0.717, 1.165) is 10.1 Å². The molecule has 1 aliphatic heterocycles. The van der Waals surface area contributed by atoms with Gasteiger partial charge in [-0.15, -0.1) is 0 Å². The van der Waals surface area contributed by atoms with Gasteiger partial charge < -0.3 is 14.6 Å². The third kappa shape index (κ3) is 4.00. The van der Waals surface area contributed by atoms with Crippen LogP contribution in [0.5, 0.6) is 17.2 Å². The summed E-state index contributed by atoms with van der Waals surface area (Å²) in [6.07, 6.45) is 5.80. The summed E-state index contributed by atoms with van der Waals surface area (Å²) < 4.78 is 14.6. The van der Waals surface area contributed by atoms with Gasteiger partial charge in [0.15, 0.2) is 23.1 Å². The van der Waals surface area contributed by atoms with Crippen LogP contribution in [0.15, 0.2) is 80.9 Å². The summed E-state index contributed by atoms with van der Waals surface area (Å²) in [6.45, 7) is 5.34. The lowest BCUT2D eigenvalue weighted by Gasteiger charge is -2.52. The smallest absolute Gasteiger partial charge is 0.352 e. The minimum Gasteiger partial charge on any atom is -0.502 e. The first-order chi connectivity index (χ1) is 20.5. The quantitative estimate of drug-likeness (QED) is 0.453. The van der Waals surface area contributed by atoms with Gasteiger partial charge in [0, 0.05) is 11.8 Å². The van der Waals surface area contributed by atoms with E-state index >= 15 is 0 Å². The number of aromatic nitrogens is 3. The number of ether oxygens (including phenoxy) is 2. The van der Waals surface area contributed by atoms with E-state index in [-0.39, 0.29) is 41.8 Å². The van der Waals surface area contributed by atoms with Crippen LogP contribution in [0.3, 0.4) is 0 Å². The summed E-state index contributed by atoms with van der Waals surface area (Å²) in [5, 5.41) is 10.4. The fourth-order valence-corrected chi connectivity index (χ4v) is 7.06. The highest BCUT2D eigenvalue weighted by Crippen LogP contribution is 2.57. The molecule has 2 aromatic carbocycles. The molecule has 222 valence electrons. The number of para-hydroxylation sites is 1. The highest BCUT2D eigenvalue weighted by Gasteiger charge is 2.59. The summed E-state index contributed by atoms with van der Waals surface area (Å²) >= 11 is 0. The molecule has 43 heavy (non-hydrogen) atoms. The van der Waals surface area contributed by atoms with Crippen molar-refractivity contribution < 1.29 is 24.2 Å². The van der Waals surface area contributed by atoms with E-state index < -0.39 is 34.7 Å². The van der Waals surface area contributed by atoms with Crippen LogP contribution in [0.2, 0.25) is 0 Å². The van der Waals surface area contributed by atoms with Crippen molar-refractivity contribution in [1.29, 1.82) is 0 Å². The van der Waals surface area contributed by atoms with Crippen LogP contribution >= 0.6 is 0 Å². The van der Waals surface area contributed by atoms with Crippen molar-refractivity contribution in [2.45, 2.75) is 39.8 Å². The molecule has 0 amide bonds. The zero-order valence-corrected chi connectivity index (χ0v) is 24.7. The molecule has 0 saturated heterocycles. The van der Waals surface area contributed by atoms with Crippen molar-refractivity contribution in [2.75, 3.05) is 14.2 Å². The first-order valence-corrected chi connectivity index (χ1v) is 14.1. The van der Waals surface area contributed by atoms with Crippen molar-refractivity contribution in [3.63, 3.8) is 0 Å². The summed E-state index contributed by atoms with van der Waals surface area (Å²) in [5.41, 5.74) is 0.698. The Balaban J connectivity index is 1.54. The largest absolute Gasteiger partial charge is 0.502 e. The van der Waals surface area contributed by atoms with E-state index in [0.29, 0.717) is 22.4 Å². The molecule has 0 spiro atoms. The normalized spacial score (nSPS) is 24.9. The number of allylic oxidation sites excluding steroid dienone is 5. The molecule has 2 heterocycles. The summed E-state index contributed by atoms with van der Waals surface area (Å²) in [4.78, 5) is 55.3. The molecule has 4 atom stereocenters. The fraction of sp³-hybridized carbons (Fsp3) is 0.333. The van der Waals surface area contributed by atoms with E-state index in [1.165, 1.54) is 23.6 Å². The first kappa shape index (κ1) is 28.3. The molecule has 10 nitrogen and oxygen atoms in total. The van der Waals surface area contributed by atoms with Crippen molar-refractivity contribution >= 4 is 17.6 Å². The predicted molar refractivity (Wildman–Crippen MR) is 160 cm³/mol. The second-order valence-corrected chi connectivity index (χ2v) is 11.5. The minimum absolute atomic E-state index is 0.110. The van der Waals surface area contributed by atoms with Gasteiger partial charge in [-0.2, -0.15) is 0 Å². The first-order valence-electron chi connectivity index (χ1n) is 14.1. The summed E-state index contributed by atoms with van der Waals surface area (Å²) in [5.74, 6) is -1.21. The van der Waals surface area contributed by atoms with Crippen LogP contribution in [0, 0.1) is 17.3 Å². The monoisotopic (exact) mass is 583 g/mol. The molecule has 6 rings (SSSR count). The Kier molecular flexibility index (Phi) is 6.67. The molecule has 1 saturated carbocycles. The highest BCUT2D eigenvalue weighted by molar-refractivity contribution is 6.15. The molecule has 1 fully saturated rings. The van der Waals surface area contributed by atoms with E-state index in [1.54, 1.807) is 56.3 Å². The lowest BCUT2D eigenvalue weighted by molar-refractivity contribution is -0.141. The number of hydrogen-bond donors (Lipinski definition) is 1. The number of carbonyl (C=O) groups excluding carboxylic acids is 2. The number of phenolic OH excluding ortho intramolecular Hbond substituents is 1.